The zero-order chi connectivity index (χ0) is 14.8. The average molecular weight is 291 g/mol. The van der Waals surface area contributed by atoms with Crippen molar-refractivity contribution >= 4 is 21.7 Å². The highest BCUT2D eigenvalue weighted by Gasteiger charge is 2.44. The van der Waals surface area contributed by atoms with E-state index in [9.17, 15) is 18.0 Å². The fourth-order valence-electron chi connectivity index (χ4n) is 2.23. The number of carboxylic acid groups (broad SMARTS) is 1. The molecule has 0 aromatic rings. The molecular formula is C12H21NO5S. The Hall–Kier alpha value is -1.11. The van der Waals surface area contributed by atoms with Gasteiger partial charge in [0, 0.05) is 12.3 Å². The van der Waals surface area contributed by atoms with E-state index < -0.39 is 33.0 Å². The normalized spacial score (nSPS) is 17.4. The van der Waals surface area contributed by atoms with Crippen LogP contribution in [0.25, 0.3) is 0 Å². The van der Waals surface area contributed by atoms with Crippen LogP contribution in [0.4, 0.5) is 0 Å². The summed E-state index contributed by atoms with van der Waals surface area (Å²) < 4.78 is 21.8. The second-order valence-electron chi connectivity index (χ2n) is 5.55. The van der Waals surface area contributed by atoms with Crippen LogP contribution in [0, 0.1) is 0 Å². The molecule has 1 amide bonds. The van der Waals surface area contributed by atoms with Gasteiger partial charge in [0.05, 0.1) is 0 Å². The lowest BCUT2D eigenvalue weighted by Gasteiger charge is -2.33. The Labute approximate surface area is 113 Å². The third kappa shape index (κ3) is 3.46. The SMILES string of the molecule is CC(C)(C(=O)N(CC(=O)O)C1CCCC1)S(C)(=O)=O. The maximum atomic E-state index is 12.4. The number of aliphatic carboxylic acids is 1. The smallest absolute Gasteiger partial charge is 0.323 e. The van der Waals surface area contributed by atoms with Gasteiger partial charge in [-0.05, 0) is 26.7 Å². The number of carbonyl (C=O) groups excluding carboxylic acids is 1. The number of hydrogen-bond donors (Lipinski definition) is 1. The number of sulfone groups is 1. The highest BCUT2D eigenvalue weighted by Crippen LogP contribution is 2.27. The molecule has 1 N–H and O–H groups in total. The number of rotatable bonds is 5. The highest BCUT2D eigenvalue weighted by molar-refractivity contribution is 7.92. The van der Waals surface area contributed by atoms with Crippen molar-refractivity contribution in [1.29, 1.82) is 0 Å². The van der Waals surface area contributed by atoms with Gasteiger partial charge in [-0.1, -0.05) is 12.8 Å². The molecule has 110 valence electrons. The maximum Gasteiger partial charge on any atom is 0.323 e. The molecular weight excluding hydrogens is 270 g/mol. The molecule has 0 atom stereocenters. The summed E-state index contributed by atoms with van der Waals surface area (Å²) in [6.07, 6.45) is 4.34. The van der Waals surface area contributed by atoms with Crippen LogP contribution in [0.15, 0.2) is 0 Å². The van der Waals surface area contributed by atoms with Gasteiger partial charge in [-0.3, -0.25) is 9.59 Å². The molecule has 7 heteroatoms. The Morgan fingerprint density at radius 3 is 2.11 bits per heavy atom. The van der Waals surface area contributed by atoms with Crippen LogP contribution >= 0.6 is 0 Å². The van der Waals surface area contributed by atoms with E-state index >= 15 is 0 Å². The quantitative estimate of drug-likeness (QED) is 0.803. The topological polar surface area (TPSA) is 91.8 Å². The fourth-order valence-corrected chi connectivity index (χ4v) is 2.67. The Balaban J connectivity index is 3.03. The van der Waals surface area contributed by atoms with Gasteiger partial charge in [-0.15, -0.1) is 0 Å². The van der Waals surface area contributed by atoms with Gasteiger partial charge in [-0.2, -0.15) is 0 Å². The molecule has 6 nitrogen and oxygen atoms in total. The second kappa shape index (κ2) is 5.48. The molecule has 1 saturated carbocycles. The number of amides is 1. The van der Waals surface area contributed by atoms with Gasteiger partial charge in [0.1, 0.15) is 11.3 Å². The van der Waals surface area contributed by atoms with Crippen molar-refractivity contribution in [3.63, 3.8) is 0 Å². The van der Waals surface area contributed by atoms with Crippen LogP contribution in [0.5, 0.6) is 0 Å². The number of carbonyl (C=O) groups is 2. The van der Waals surface area contributed by atoms with Crippen molar-refractivity contribution in [2.75, 3.05) is 12.8 Å². The van der Waals surface area contributed by atoms with Crippen molar-refractivity contribution in [2.45, 2.75) is 50.3 Å². The van der Waals surface area contributed by atoms with Crippen molar-refractivity contribution in [1.82, 2.24) is 4.90 Å². The standard InChI is InChI=1S/C12H21NO5S/c1-12(2,19(3,17)18)11(16)13(8-10(14)15)9-6-4-5-7-9/h9H,4-8H2,1-3H3,(H,14,15). The van der Waals surface area contributed by atoms with E-state index in [1.807, 2.05) is 0 Å². The van der Waals surface area contributed by atoms with Crippen LogP contribution < -0.4 is 0 Å². The van der Waals surface area contributed by atoms with Gasteiger partial charge in [0.2, 0.25) is 5.91 Å². The molecule has 0 heterocycles. The molecule has 0 unspecified atom stereocenters. The third-order valence-electron chi connectivity index (χ3n) is 3.77. The Morgan fingerprint density at radius 1 is 1.26 bits per heavy atom. The number of carboxylic acids is 1. The molecule has 0 aromatic heterocycles. The lowest BCUT2D eigenvalue weighted by Crippen LogP contribution is -2.54. The van der Waals surface area contributed by atoms with E-state index in [4.69, 9.17) is 5.11 Å². The minimum absolute atomic E-state index is 0.162. The first-order chi connectivity index (χ1) is 8.57. The zero-order valence-corrected chi connectivity index (χ0v) is 12.4. The molecule has 0 aromatic carbocycles. The van der Waals surface area contributed by atoms with Crippen LogP contribution in [0.1, 0.15) is 39.5 Å². The van der Waals surface area contributed by atoms with Crippen LogP contribution in [-0.2, 0) is 19.4 Å². The lowest BCUT2D eigenvalue weighted by atomic mass is 10.1. The van der Waals surface area contributed by atoms with E-state index in [1.165, 1.54) is 18.7 Å². The summed E-state index contributed by atoms with van der Waals surface area (Å²) in [6.45, 7) is 2.21. The maximum absolute atomic E-state index is 12.4. The van der Waals surface area contributed by atoms with E-state index in [0.29, 0.717) is 0 Å². The first kappa shape index (κ1) is 15.9. The van der Waals surface area contributed by atoms with E-state index in [1.54, 1.807) is 0 Å². The van der Waals surface area contributed by atoms with Crippen molar-refractivity contribution < 1.29 is 23.1 Å². The van der Waals surface area contributed by atoms with Gasteiger partial charge in [-0.25, -0.2) is 8.42 Å². The summed E-state index contributed by atoms with van der Waals surface area (Å²) in [5.74, 6) is -1.74. The molecule has 1 aliphatic carbocycles. The molecule has 0 aliphatic heterocycles. The highest BCUT2D eigenvalue weighted by atomic mass is 32.2. The Kier molecular flexibility index (Phi) is 4.60. The summed E-state index contributed by atoms with van der Waals surface area (Å²) in [6, 6.07) is -0.162. The molecule has 0 spiro atoms. The molecule has 0 bridgehead atoms. The van der Waals surface area contributed by atoms with Crippen LogP contribution in [0.2, 0.25) is 0 Å². The minimum atomic E-state index is -3.60. The zero-order valence-electron chi connectivity index (χ0n) is 11.5. The molecule has 0 radical (unpaired) electrons. The Bertz CT molecular complexity index is 463. The summed E-state index contributed by atoms with van der Waals surface area (Å²) in [5.41, 5.74) is 0. The first-order valence-corrected chi connectivity index (χ1v) is 8.19. The van der Waals surface area contributed by atoms with Crippen LogP contribution in [0.3, 0.4) is 0 Å². The third-order valence-corrected chi connectivity index (χ3v) is 5.80. The van der Waals surface area contributed by atoms with Crippen molar-refractivity contribution in [3.8, 4) is 0 Å². The first-order valence-electron chi connectivity index (χ1n) is 6.30. The van der Waals surface area contributed by atoms with E-state index in [2.05, 4.69) is 0 Å². The average Bonchev–Trinajstić information content (AvgIpc) is 2.76. The number of nitrogens with zero attached hydrogens (tertiary/aromatic N) is 1. The molecule has 0 saturated heterocycles. The van der Waals surface area contributed by atoms with Gasteiger partial charge < -0.3 is 10.0 Å². The van der Waals surface area contributed by atoms with Crippen LogP contribution in [-0.4, -0.2) is 53.9 Å². The lowest BCUT2D eigenvalue weighted by molar-refractivity contribution is -0.147. The minimum Gasteiger partial charge on any atom is -0.480 e. The molecule has 1 rings (SSSR count). The molecule has 19 heavy (non-hydrogen) atoms. The summed E-state index contributed by atoms with van der Waals surface area (Å²) >= 11 is 0. The van der Waals surface area contributed by atoms with E-state index in [-0.39, 0.29) is 6.04 Å². The number of hydrogen-bond acceptors (Lipinski definition) is 4. The van der Waals surface area contributed by atoms with Gasteiger partial charge >= 0.3 is 5.97 Å². The predicted octanol–water partition coefficient (Wildman–Crippen LogP) is 0.665. The molecule has 1 aliphatic rings. The predicted molar refractivity (Wildman–Crippen MR) is 70.5 cm³/mol. The largest absolute Gasteiger partial charge is 0.480 e. The Morgan fingerprint density at radius 2 is 1.74 bits per heavy atom. The summed E-state index contributed by atoms with van der Waals surface area (Å²) in [7, 11) is -3.60. The molecule has 1 fully saturated rings. The van der Waals surface area contributed by atoms with Gasteiger partial charge in [0.15, 0.2) is 9.84 Å². The van der Waals surface area contributed by atoms with E-state index in [0.717, 1.165) is 31.9 Å². The second-order valence-corrected chi connectivity index (χ2v) is 8.11. The summed E-state index contributed by atoms with van der Waals surface area (Å²) in [4.78, 5) is 24.5. The fraction of sp³-hybridized carbons (Fsp3) is 0.833. The van der Waals surface area contributed by atoms with Crippen molar-refractivity contribution in [3.05, 3.63) is 0 Å². The van der Waals surface area contributed by atoms with Gasteiger partial charge in [0.25, 0.3) is 0 Å². The summed E-state index contributed by atoms with van der Waals surface area (Å²) in [5, 5.41) is 8.92. The monoisotopic (exact) mass is 291 g/mol. The van der Waals surface area contributed by atoms with Crippen molar-refractivity contribution in [2.24, 2.45) is 0 Å².